The zero-order chi connectivity index (χ0) is 23.3. The van der Waals surface area contributed by atoms with E-state index in [0.29, 0.717) is 5.75 Å². The summed E-state index contributed by atoms with van der Waals surface area (Å²) >= 11 is 0. The van der Waals surface area contributed by atoms with Gasteiger partial charge in [0.15, 0.2) is 6.61 Å². The van der Waals surface area contributed by atoms with Crippen molar-refractivity contribution in [1.29, 1.82) is 0 Å². The second kappa shape index (κ2) is 9.63. The van der Waals surface area contributed by atoms with Crippen LogP contribution in [0.25, 0.3) is 32.9 Å². The van der Waals surface area contributed by atoms with Gasteiger partial charge in [0.05, 0.1) is 6.21 Å². The average molecular weight is 448 g/mol. The summed E-state index contributed by atoms with van der Waals surface area (Å²) in [6, 6.07) is 32.4. The quantitative estimate of drug-likeness (QED) is 0.245. The molecular formula is C29H25N3O2. The number of aryl methyl sites for hydroxylation is 1. The molecule has 0 bridgehead atoms. The van der Waals surface area contributed by atoms with Crippen molar-refractivity contribution >= 4 is 33.9 Å². The molecule has 0 saturated heterocycles. The summed E-state index contributed by atoms with van der Waals surface area (Å²) in [4.78, 5) is 12.2. The smallest absolute Gasteiger partial charge is 0.277 e. The van der Waals surface area contributed by atoms with Crippen molar-refractivity contribution in [1.82, 2.24) is 9.99 Å². The molecule has 0 unspecified atom stereocenters. The normalized spacial score (nSPS) is 11.3. The molecule has 1 aromatic heterocycles. The van der Waals surface area contributed by atoms with Crippen LogP contribution in [0, 0.1) is 0 Å². The highest BCUT2D eigenvalue weighted by atomic mass is 16.5. The maximum atomic E-state index is 12.2. The molecule has 1 amide bonds. The van der Waals surface area contributed by atoms with Gasteiger partial charge >= 0.3 is 0 Å². The molecule has 0 aliphatic carbocycles. The van der Waals surface area contributed by atoms with E-state index in [4.69, 9.17) is 4.74 Å². The monoisotopic (exact) mass is 447 g/mol. The number of ether oxygens (including phenoxy) is 1. The molecule has 5 aromatic rings. The molecule has 4 aromatic carbocycles. The Bertz CT molecular complexity index is 1470. The van der Waals surface area contributed by atoms with Crippen LogP contribution in [-0.4, -0.2) is 23.3 Å². The summed E-state index contributed by atoms with van der Waals surface area (Å²) in [5.41, 5.74) is 8.11. The van der Waals surface area contributed by atoms with Crippen LogP contribution in [0.5, 0.6) is 5.75 Å². The molecule has 0 aliphatic rings. The average Bonchev–Trinajstić information content (AvgIpc) is 3.21. The molecule has 34 heavy (non-hydrogen) atoms. The number of amides is 1. The van der Waals surface area contributed by atoms with Gasteiger partial charge in [0.25, 0.3) is 5.91 Å². The van der Waals surface area contributed by atoms with Crippen LogP contribution in [-0.2, 0) is 11.3 Å². The van der Waals surface area contributed by atoms with E-state index in [9.17, 15) is 4.79 Å². The summed E-state index contributed by atoms with van der Waals surface area (Å²) < 4.78 is 7.90. The highest BCUT2D eigenvalue weighted by Crippen LogP contribution is 2.29. The number of hydrazone groups is 1. The van der Waals surface area contributed by atoms with Gasteiger partial charge in [0.2, 0.25) is 0 Å². The number of nitrogens with one attached hydrogen (secondary N) is 1. The lowest BCUT2D eigenvalue weighted by atomic mass is 10.1. The molecule has 1 heterocycles. The third-order valence-corrected chi connectivity index (χ3v) is 5.85. The minimum Gasteiger partial charge on any atom is -0.484 e. The van der Waals surface area contributed by atoms with E-state index >= 15 is 0 Å². The van der Waals surface area contributed by atoms with Gasteiger partial charge in [-0.1, -0.05) is 66.7 Å². The Kier molecular flexibility index (Phi) is 6.08. The molecule has 168 valence electrons. The number of rotatable bonds is 7. The minimum absolute atomic E-state index is 0.106. The standard InChI is InChI=1S/C29H25N3O2/c1-2-32-27-11-7-6-10-25(27)26-18-21(12-17-28(26)32)19-30-31-29(33)20-34-24-15-13-23(14-16-24)22-8-4-3-5-9-22/h3-19H,2,20H2,1H3,(H,31,33)/b30-19+. The molecule has 0 fully saturated rings. The molecule has 5 rings (SSSR count). The van der Waals surface area contributed by atoms with Crippen LogP contribution in [0.2, 0.25) is 0 Å². The van der Waals surface area contributed by atoms with Crippen molar-refractivity contribution in [3.63, 3.8) is 0 Å². The first-order chi connectivity index (χ1) is 16.7. The fourth-order valence-corrected chi connectivity index (χ4v) is 4.23. The number of aromatic nitrogens is 1. The number of nitrogens with zero attached hydrogens (tertiary/aromatic N) is 2. The second-order valence-electron chi connectivity index (χ2n) is 8.01. The third kappa shape index (κ3) is 4.41. The van der Waals surface area contributed by atoms with Gasteiger partial charge in [-0.15, -0.1) is 0 Å². The van der Waals surface area contributed by atoms with E-state index in [2.05, 4.69) is 70.5 Å². The number of carbonyl (C=O) groups is 1. The number of hydrogen-bond acceptors (Lipinski definition) is 3. The molecular weight excluding hydrogens is 422 g/mol. The fourth-order valence-electron chi connectivity index (χ4n) is 4.23. The fraction of sp³-hybridized carbons (Fsp3) is 0.103. The molecule has 0 saturated carbocycles. The maximum absolute atomic E-state index is 12.2. The summed E-state index contributed by atoms with van der Waals surface area (Å²) in [5.74, 6) is 0.323. The van der Waals surface area contributed by atoms with Crippen molar-refractivity contribution in [2.24, 2.45) is 5.10 Å². The van der Waals surface area contributed by atoms with E-state index in [1.54, 1.807) is 6.21 Å². The van der Waals surface area contributed by atoms with Crippen LogP contribution in [0.3, 0.4) is 0 Å². The van der Waals surface area contributed by atoms with Gasteiger partial charge < -0.3 is 9.30 Å². The minimum atomic E-state index is -0.313. The zero-order valence-electron chi connectivity index (χ0n) is 18.9. The first-order valence-corrected chi connectivity index (χ1v) is 11.3. The van der Waals surface area contributed by atoms with Gasteiger partial charge in [-0.05, 0) is 53.9 Å². The highest BCUT2D eigenvalue weighted by Gasteiger charge is 2.09. The molecule has 1 N–H and O–H groups in total. The summed E-state index contributed by atoms with van der Waals surface area (Å²) in [5, 5.41) is 6.50. The predicted octanol–water partition coefficient (Wildman–Crippen LogP) is 6.01. The van der Waals surface area contributed by atoms with Crippen LogP contribution >= 0.6 is 0 Å². The number of carbonyl (C=O) groups excluding carboxylic acids is 1. The Hall–Kier alpha value is -4.38. The summed E-state index contributed by atoms with van der Waals surface area (Å²) in [6.07, 6.45) is 1.66. The molecule has 0 atom stereocenters. The molecule has 5 heteroatoms. The lowest BCUT2D eigenvalue weighted by Crippen LogP contribution is -2.24. The summed E-state index contributed by atoms with van der Waals surface area (Å²) in [6.45, 7) is 2.95. The topological polar surface area (TPSA) is 55.6 Å². The van der Waals surface area contributed by atoms with Crippen molar-refractivity contribution in [2.45, 2.75) is 13.5 Å². The SMILES string of the molecule is CCn1c2ccccc2c2cc(/C=N/NC(=O)COc3ccc(-c4ccccc4)cc3)ccc21. The van der Waals surface area contributed by atoms with Gasteiger partial charge in [-0.2, -0.15) is 5.10 Å². The number of hydrogen-bond donors (Lipinski definition) is 1. The van der Waals surface area contributed by atoms with Gasteiger partial charge in [0, 0.05) is 28.4 Å². The Morgan fingerprint density at radius 3 is 2.35 bits per heavy atom. The van der Waals surface area contributed by atoms with Crippen molar-refractivity contribution in [3.05, 3.63) is 103 Å². The zero-order valence-corrected chi connectivity index (χ0v) is 18.9. The van der Waals surface area contributed by atoms with Crippen molar-refractivity contribution < 1.29 is 9.53 Å². The Morgan fingerprint density at radius 2 is 1.56 bits per heavy atom. The van der Waals surface area contributed by atoms with Crippen molar-refractivity contribution in [3.8, 4) is 16.9 Å². The maximum Gasteiger partial charge on any atom is 0.277 e. The largest absolute Gasteiger partial charge is 0.484 e. The lowest BCUT2D eigenvalue weighted by molar-refractivity contribution is -0.123. The van der Waals surface area contributed by atoms with Crippen LogP contribution in [0.1, 0.15) is 12.5 Å². The van der Waals surface area contributed by atoms with Gasteiger partial charge in [-0.25, -0.2) is 5.43 Å². The van der Waals surface area contributed by atoms with E-state index in [1.807, 2.05) is 48.5 Å². The van der Waals surface area contributed by atoms with E-state index < -0.39 is 0 Å². The molecule has 0 aliphatic heterocycles. The van der Waals surface area contributed by atoms with Crippen LogP contribution < -0.4 is 10.2 Å². The molecule has 5 nitrogen and oxygen atoms in total. The number of para-hydroxylation sites is 1. The van der Waals surface area contributed by atoms with Gasteiger partial charge in [-0.3, -0.25) is 4.79 Å². The second-order valence-corrected chi connectivity index (χ2v) is 8.01. The molecule has 0 spiro atoms. The van der Waals surface area contributed by atoms with Crippen molar-refractivity contribution in [2.75, 3.05) is 6.61 Å². The van der Waals surface area contributed by atoms with Crippen LogP contribution in [0.4, 0.5) is 0 Å². The first-order valence-electron chi connectivity index (χ1n) is 11.3. The first kappa shape index (κ1) is 21.5. The van der Waals surface area contributed by atoms with Crippen LogP contribution in [0.15, 0.2) is 102 Å². The lowest BCUT2D eigenvalue weighted by Gasteiger charge is -2.06. The predicted molar refractivity (Wildman–Crippen MR) is 138 cm³/mol. The van der Waals surface area contributed by atoms with E-state index in [0.717, 1.165) is 23.2 Å². The Labute approximate surface area is 198 Å². The Morgan fingerprint density at radius 1 is 0.853 bits per heavy atom. The number of fused-ring (bicyclic) bond motifs is 3. The Balaban J connectivity index is 1.20. The highest BCUT2D eigenvalue weighted by molar-refractivity contribution is 6.09. The van der Waals surface area contributed by atoms with E-state index in [-0.39, 0.29) is 12.5 Å². The van der Waals surface area contributed by atoms with Gasteiger partial charge in [0.1, 0.15) is 5.75 Å². The number of benzene rings is 4. The van der Waals surface area contributed by atoms with E-state index in [1.165, 1.54) is 21.8 Å². The summed E-state index contributed by atoms with van der Waals surface area (Å²) in [7, 11) is 0. The third-order valence-electron chi connectivity index (χ3n) is 5.85. The molecule has 0 radical (unpaired) electrons.